The Bertz CT molecular complexity index is 854. The van der Waals surface area contributed by atoms with Crippen molar-refractivity contribution in [2.75, 3.05) is 18.9 Å². The molecule has 0 radical (unpaired) electrons. The number of anilines is 1. The zero-order chi connectivity index (χ0) is 19.1. The Kier molecular flexibility index (Phi) is 5.10. The number of hydrogen-bond donors (Lipinski definition) is 1. The van der Waals surface area contributed by atoms with Gasteiger partial charge in [0.05, 0.1) is 24.1 Å². The third-order valence-corrected chi connectivity index (χ3v) is 5.09. The summed E-state index contributed by atoms with van der Waals surface area (Å²) in [6.45, 7) is 3.00. The predicted molar refractivity (Wildman–Crippen MR) is 96.0 cm³/mol. The second-order valence-corrected chi connectivity index (χ2v) is 7.00. The van der Waals surface area contributed by atoms with Crippen LogP contribution in [0.4, 0.5) is 19.0 Å². The number of carbonyl (C=O) groups is 1. The van der Waals surface area contributed by atoms with Gasteiger partial charge in [0, 0.05) is 16.3 Å². The highest BCUT2D eigenvalue weighted by atomic mass is 127. The van der Waals surface area contributed by atoms with Gasteiger partial charge >= 0.3 is 6.36 Å². The molecule has 1 amide bonds. The number of nitrogens with zero attached hydrogens (tertiary/aromatic N) is 4. The average Bonchev–Trinajstić information content (AvgIpc) is 3.14. The first kappa shape index (κ1) is 18.9. The Morgan fingerprint density at radius 1 is 1.50 bits per heavy atom. The summed E-state index contributed by atoms with van der Waals surface area (Å²) >= 11 is 2.10. The second-order valence-electron chi connectivity index (χ2n) is 5.84. The van der Waals surface area contributed by atoms with E-state index < -0.39 is 24.9 Å². The van der Waals surface area contributed by atoms with Crippen LogP contribution in [0.1, 0.15) is 12.5 Å². The van der Waals surface area contributed by atoms with Gasteiger partial charge in [0.2, 0.25) is 5.91 Å². The van der Waals surface area contributed by atoms with E-state index in [0.717, 1.165) is 9.65 Å². The number of aromatic nitrogens is 3. The lowest BCUT2D eigenvalue weighted by Crippen LogP contribution is -2.38. The minimum atomic E-state index is -4.75. The molecule has 0 saturated carbocycles. The van der Waals surface area contributed by atoms with Gasteiger partial charge in [-0.3, -0.25) is 9.53 Å². The molecule has 1 saturated heterocycles. The highest BCUT2D eigenvalue weighted by Crippen LogP contribution is 2.34. The van der Waals surface area contributed by atoms with E-state index in [1.54, 1.807) is 0 Å². The maximum Gasteiger partial charge on any atom is 0.522 e. The van der Waals surface area contributed by atoms with Crippen molar-refractivity contribution in [2.24, 2.45) is 0 Å². The fraction of sp³-hybridized carbons (Fsp3) is 0.400. The van der Waals surface area contributed by atoms with Crippen molar-refractivity contribution in [1.29, 1.82) is 0 Å². The molecule has 7 nitrogen and oxygen atoms in total. The van der Waals surface area contributed by atoms with Gasteiger partial charge < -0.3 is 15.2 Å². The van der Waals surface area contributed by atoms with Crippen LogP contribution in [0.3, 0.4) is 0 Å². The summed E-state index contributed by atoms with van der Waals surface area (Å²) in [5, 5.41) is 0.685. The van der Waals surface area contributed by atoms with Gasteiger partial charge in [0.1, 0.15) is 17.8 Å². The van der Waals surface area contributed by atoms with E-state index in [4.69, 9.17) is 5.73 Å². The molecule has 0 bridgehead atoms. The topological polar surface area (TPSA) is 86.3 Å². The van der Waals surface area contributed by atoms with Gasteiger partial charge in [-0.2, -0.15) is 0 Å². The van der Waals surface area contributed by atoms with Crippen LogP contribution in [0.5, 0.6) is 0 Å². The molecule has 0 aliphatic carbocycles. The molecule has 2 atom stereocenters. The molecule has 1 fully saturated rings. The first-order chi connectivity index (χ1) is 12.2. The van der Waals surface area contributed by atoms with E-state index in [0.29, 0.717) is 23.3 Å². The standard InChI is InChI=1S/C15H15F3IN5O2/c1-2-11(25)23-4-8(3-9(23)6-26-15(16,17)18)24-5-10(19)12-13(20)21-7-22-14(12)24/h2,5,7-9H,1,3-4,6H2,(H2,20,21,22)/t8-,9+/m0/s1. The summed E-state index contributed by atoms with van der Waals surface area (Å²) in [6.07, 6.45) is -0.237. The lowest BCUT2D eigenvalue weighted by atomic mass is 10.2. The monoisotopic (exact) mass is 481 g/mol. The lowest BCUT2D eigenvalue weighted by Gasteiger charge is -2.23. The highest BCUT2D eigenvalue weighted by Gasteiger charge is 2.39. The van der Waals surface area contributed by atoms with Crippen LogP contribution in [0.2, 0.25) is 0 Å². The van der Waals surface area contributed by atoms with E-state index >= 15 is 0 Å². The number of amides is 1. The molecule has 3 heterocycles. The Morgan fingerprint density at radius 3 is 2.88 bits per heavy atom. The summed E-state index contributed by atoms with van der Waals surface area (Å²) < 4.78 is 43.8. The van der Waals surface area contributed by atoms with Crippen molar-refractivity contribution >= 4 is 45.3 Å². The Labute approximate surface area is 160 Å². The minimum absolute atomic E-state index is 0.223. The summed E-state index contributed by atoms with van der Waals surface area (Å²) in [7, 11) is 0. The van der Waals surface area contributed by atoms with Crippen molar-refractivity contribution in [3.63, 3.8) is 0 Å². The first-order valence-electron chi connectivity index (χ1n) is 7.61. The van der Waals surface area contributed by atoms with Crippen molar-refractivity contribution in [3.8, 4) is 0 Å². The molecule has 2 N–H and O–H groups in total. The zero-order valence-electron chi connectivity index (χ0n) is 13.4. The third kappa shape index (κ3) is 3.63. The molecule has 2 aromatic heterocycles. The normalized spacial score (nSPS) is 20.7. The predicted octanol–water partition coefficient (Wildman–Crippen LogP) is 2.48. The van der Waals surface area contributed by atoms with Crippen molar-refractivity contribution in [3.05, 3.63) is 28.7 Å². The highest BCUT2D eigenvalue weighted by molar-refractivity contribution is 14.1. The number of hydrogen-bond acceptors (Lipinski definition) is 5. The van der Waals surface area contributed by atoms with Crippen LogP contribution in [0, 0.1) is 3.57 Å². The van der Waals surface area contributed by atoms with E-state index in [2.05, 4.69) is 43.9 Å². The van der Waals surface area contributed by atoms with Crippen LogP contribution in [-0.2, 0) is 9.53 Å². The lowest BCUT2D eigenvalue weighted by molar-refractivity contribution is -0.327. The van der Waals surface area contributed by atoms with Crippen LogP contribution < -0.4 is 5.73 Å². The summed E-state index contributed by atoms with van der Waals surface area (Å²) in [6, 6.07) is -0.984. The van der Waals surface area contributed by atoms with Crippen molar-refractivity contribution < 1.29 is 22.7 Å². The van der Waals surface area contributed by atoms with Gasteiger partial charge in [-0.05, 0) is 35.1 Å². The average molecular weight is 481 g/mol. The van der Waals surface area contributed by atoms with Gasteiger partial charge in [0.15, 0.2) is 0 Å². The molecule has 11 heteroatoms. The molecule has 3 rings (SSSR count). The maximum atomic E-state index is 12.4. The molecule has 1 aliphatic rings. The van der Waals surface area contributed by atoms with Crippen LogP contribution in [0.25, 0.3) is 11.0 Å². The smallest absolute Gasteiger partial charge is 0.383 e. The Morgan fingerprint density at radius 2 is 2.23 bits per heavy atom. The van der Waals surface area contributed by atoms with Crippen LogP contribution in [-0.4, -0.2) is 50.9 Å². The molecule has 2 aromatic rings. The zero-order valence-corrected chi connectivity index (χ0v) is 15.6. The molecule has 26 heavy (non-hydrogen) atoms. The van der Waals surface area contributed by atoms with Gasteiger partial charge in [-0.25, -0.2) is 9.97 Å². The van der Waals surface area contributed by atoms with Crippen LogP contribution in [0.15, 0.2) is 25.2 Å². The second kappa shape index (κ2) is 7.02. The molecule has 140 valence electrons. The number of fused-ring (bicyclic) bond motifs is 1. The van der Waals surface area contributed by atoms with Gasteiger partial charge in [-0.15, -0.1) is 13.2 Å². The number of alkyl halides is 3. The van der Waals surface area contributed by atoms with E-state index in [1.165, 1.54) is 11.2 Å². The number of rotatable bonds is 4. The molecule has 1 aliphatic heterocycles. The SMILES string of the molecule is C=CC(=O)N1C[C@@H](n2cc(I)c3c(N)ncnc32)C[C@@H]1COC(F)(F)F. The van der Waals surface area contributed by atoms with E-state index in [-0.39, 0.29) is 12.6 Å². The quantitative estimate of drug-likeness (QED) is 0.536. The van der Waals surface area contributed by atoms with E-state index in [9.17, 15) is 18.0 Å². The number of nitrogen functional groups attached to an aromatic ring is 1. The fourth-order valence-corrected chi connectivity index (χ4v) is 3.99. The number of ether oxygens (including phenoxy) is 1. The molecular weight excluding hydrogens is 466 g/mol. The van der Waals surface area contributed by atoms with E-state index in [1.807, 2.05) is 10.8 Å². The van der Waals surface area contributed by atoms with Gasteiger partial charge in [-0.1, -0.05) is 6.58 Å². The van der Waals surface area contributed by atoms with Crippen molar-refractivity contribution in [2.45, 2.75) is 24.9 Å². The summed E-state index contributed by atoms with van der Waals surface area (Å²) in [5.41, 5.74) is 6.48. The third-order valence-electron chi connectivity index (χ3n) is 4.28. The van der Waals surface area contributed by atoms with Crippen LogP contribution >= 0.6 is 22.6 Å². The largest absolute Gasteiger partial charge is 0.522 e. The molecule has 0 aromatic carbocycles. The summed E-state index contributed by atoms with van der Waals surface area (Å²) in [4.78, 5) is 21.6. The van der Waals surface area contributed by atoms with Gasteiger partial charge in [0.25, 0.3) is 0 Å². The molecular formula is C15H15F3IN5O2. The summed E-state index contributed by atoms with van der Waals surface area (Å²) in [5.74, 6) is -0.115. The van der Waals surface area contributed by atoms with Crippen molar-refractivity contribution in [1.82, 2.24) is 19.4 Å². The fourth-order valence-electron chi connectivity index (χ4n) is 3.17. The Hall–Kier alpha value is -1.89. The molecule has 0 unspecified atom stereocenters. The maximum absolute atomic E-state index is 12.4. The number of halogens is 4. The number of carbonyl (C=O) groups excluding carboxylic acids is 1. The minimum Gasteiger partial charge on any atom is -0.383 e. The Balaban J connectivity index is 1.91. The number of likely N-dealkylation sites (tertiary alicyclic amines) is 1. The number of nitrogens with two attached hydrogens (primary N) is 1. The molecule has 0 spiro atoms. The first-order valence-corrected chi connectivity index (χ1v) is 8.69.